The van der Waals surface area contributed by atoms with Crippen LogP contribution in [0.3, 0.4) is 0 Å². The molecule has 21 heavy (non-hydrogen) atoms. The highest BCUT2D eigenvalue weighted by molar-refractivity contribution is 5.99. The first-order chi connectivity index (χ1) is 10.0. The lowest BCUT2D eigenvalue weighted by Gasteiger charge is -2.28. The smallest absolute Gasteiger partial charge is 0.251 e. The summed E-state index contributed by atoms with van der Waals surface area (Å²) in [5, 5.41) is 4.29. The van der Waals surface area contributed by atoms with Crippen LogP contribution in [0.1, 0.15) is 47.3 Å². The maximum absolute atomic E-state index is 12.5. The molecule has 4 nitrogen and oxygen atoms in total. The van der Waals surface area contributed by atoms with Gasteiger partial charge in [0.05, 0.1) is 5.54 Å². The number of benzene rings is 1. The van der Waals surface area contributed by atoms with Crippen LogP contribution in [0, 0.1) is 13.8 Å². The van der Waals surface area contributed by atoms with Gasteiger partial charge < -0.3 is 16.0 Å². The molecule has 0 radical (unpaired) electrons. The number of carbonyl (C=O) groups excluding carboxylic acids is 1. The molecule has 0 bridgehead atoms. The molecule has 0 unspecified atom stereocenters. The van der Waals surface area contributed by atoms with Crippen molar-refractivity contribution in [2.75, 3.05) is 6.54 Å². The highest BCUT2D eigenvalue weighted by atomic mass is 16.1. The number of carbonyl (C=O) groups is 1. The van der Waals surface area contributed by atoms with E-state index in [0.29, 0.717) is 12.1 Å². The fourth-order valence-electron chi connectivity index (χ4n) is 3.35. The van der Waals surface area contributed by atoms with Gasteiger partial charge in [-0.25, -0.2) is 0 Å². The van der Waals surface area contributed by atoms with Crippen LogP contribution in [-0.2, 0) is 0 Å². The lowest BCUT2D eigenvalue weighted by molar-refractivity contribution is 0.0903. The monoisotopic (exact) mass is 285 g/mol. The number of nitrogens with two attached hydrogens (primary N) is 1. The van der Waals surface area contributed by atoms with Crippen LogP contribution in [0.5, 0.6) is 0 Å². The first-order valence-corrected chi connectivity index (χ1v) is 7.66. The van der Waals surface area contributed by atoms with Gasteiger partial charge in [-0.1, -0.05) is 12.8 Å². The summed E-state index contributed by atoms with van der Waals surface area (Å²) < 4.78 is 0. The van der Waals surface area contributed by atoms with Crippen LogP contribution in [0.2, 0.25) is 0 Å². The minimum absolute atomic E-state index is 0.0116. The van der Waals surface area contributed by atoms with Crippen LogP contribution in [-0.4, -0.2) is 23.0 Å². The van der Waals surface area contributed by atoms with Crippen molar-refractivity contribution < 1.29 is 4.79 Å². The van der Waals surface area contributed by atoms with Crippen molar-refractivity contribution >= 4 is 16.8 Å². The second-order valence-electron chi connectivity index (χ2n) is 6.28. The van der Waals surface area contributed by atoms with Crippen LogP contribution < -0.4 is 11.1 Å². The van der Waals surface area contributed by atoms with E-state index >= 15 is 0 Å². The average Bonchev–Trinajstić information content (AvgIpc) is 3.05. The normalized spacial score (nSPS) is 17.3. The molecule has 2 aromatic rings. The Morgan fingerprint density at radius 3 is 2.71 bits per heavy atom. The SMILES string of the molecule is Cc1[nH]c2ccc(C(=O)NC3(CN)CCCC3)cc2c1C. The summed E-state index contributed by atoms with van der Waals surface area (Å²) >= 11 is 0. The molecule has 1 amide bonds. The lowest BCUT2D eigenvalue weighted by atomic mass is 9.97. The van der Waals surface area contributed by atoms with Gasteiger partial charge in [-0.05, 0) is 50.5 Å². The number of fused-ring (bicyclic) bond motifs is 1. The maximum Gasteiger partial charge on any atom is 0.251 e. The number of amides is 1. The van der Waals surface area contributed by atoms with E-state index in [4.69, 9.17) is 5.73 Å². The van der Waals surface area contributed by atoms with Crippen LogP contribution in [0.15, 0.2) is 18.2 Å². The fraction of sp³-hybridized carbons (Fsp3) is 0.471. The van der Waals surface area contributed by atoms with Gasteiger partial charge in [0, 0.05) is 28.7 Å². The number of nitrogens with one attached hydrogen (secondary N) is 2. The van der Waals surface area contributed by atoms with Crippen LogP contribution in [0.4, 0.5) is 0 Å². The first kappa shape index (κ1) is 14.1. The Kier molecular flexibility index (Phi) is 3.49. The molecule has 1 saturated carbocycles. The molecule has 0 atom stereocenters. The molecule has 112 valence electrons. The van der Waals surface area contributed by atoms with Crippen molar-refractivity contribution in [1.82, 2.24) is 10.3 Å². The Balaban J connectivity index is 1.89. The highest BCUT2D eigenvalue weighted by Gasteiger charge is 2.34. The standard InChI is InChI=1S/C17H23N3O/c1-11-12(2)19-15-6-5-13(9-14(11)15)16(21)20-17(10-18)7-3-4-8-17/h5-6,9,19H,3-4,7-8,10,18H2,1-2H3,(H,20,21). The summed E-state index contributed by atoms with van der Waals surface area (Å²) in [6.07, 6.45) is 4.26. The Morgan fingerprint density at radius 1 is 1.33 bits per heavy atom. The largest absolute Gasteiger partial charge is 0.358 e. The van der Waals surface area contributed by atoms with E-state index in [1.807, 2.05) is 18.2 Å². The van der Waals surface area contributed by atoms with Gasteiger partial charge in [0.15, 0.2) is 0 Å². The number of aromatic nitrogens is 1. The molecule has 4 heteroatoms. The predicted molar refractivity (Wildman–Crippen MR) is 85.5 cm³/mol. The van der Waals surface area contributed by atoms with Crippen molar-refractivity contribution in [3.63, 3.8) is 0 Å². The summed E-state index contributed by atoms with van der Waals surface area (Å²) in [4.78, 5) is 15.9. The quantitative estimate of drug-likeness (QED) is 0.811. The van der Waals surface area contributed by atoms with Gasteiger partial charge in [0.1, 0.15) is 0 Å². The van der Waals surface area contributed by atoms with Crippen molar-refractivity contribution in [3.05, 3.63) is 35.0 Å². The number of hydrogen-bond donors (Lipinski definition) is 3. The fourth-order valence-corrected chi connectivity index (χ4v) is 3.35. The number of hydrogen-bond acceptors (Lipinski definition) is 2. The van der Waals surface area contributed by atoms with E-state index in [1.54, 1.807) is 0 Å². The van der Waals surface area contributed by atoms with Crippen molar-refractivity contribution in [2.45, 2.75) is 45.1 Å². The Hall–Kier alpha value is -1.81. The molecule has 4 N–H and O–H groups in total. The molecule has 0 spiro atoms. The summed E-state index contributed by atoms with van der Waals surface area (Å²) in [6, 6.07) is 5.84. The number of rotatable bonds is 3. The van der Waals surface area contributed by atoms with Gasteiger partial charge in [-0.3, -0.25) is 4.79 Å². The molecule has 3 rings (SSSR count). The third-order valence-electron chi connectivity index (χ3n) is 4.90. The third-order valence-corrected chi connectivity index (χ3v) is 4.90. The first-order valence-electron chi connectivity index (χ1n) is 7.66. The number of aromatic amines is 1. The topological polar surface area (TPSA) is 70.9 Å². The van der Waals surface area contributed by atoms with Crippen molar-refractivity contribution in [1.29, 1.82) is 0 Å². The summed E-state index contributed by atoms with van der Waals surface area (Å²) in [6.45, 7) is 4.65. The van der Waals surface area contributed by atoms with E-state index in [2.05, 4.69) is 24.1 Å². The Bertz CT molecular complexity index is 681. The molecule has 1 aromatic heterocycles. The number of aryl methyl sites for hydroxylation is 2. The molecular weight excluding hydrogens is 262 g/mol. The molecule has 1 aliphatic rings. The van der Waals surface area contributed by atoms with E-state index in [0.717, 1.165) is 42.3 Å². The van der Waals surface area contributed by atoms with E-state index < -0.39 is 0 Å². The van der Waals surface area contributed by atoms with Gasteiger partial charge in [0.2, 0.25) is 0 Å². The minimum Gasteiger partial charge on any atom is -0.358 e. The van der Waals surface area contributed by atoms with Gasteiger partial charge >= 0.3 is 0 Å². The molecule has 1 fully saturated rings. The van der Waals surface area contributed by atoms with Crippen molar-refractivity contribution in [2.24, 2.45) is 5.73 Å². The van der Waals surface area contributed by atoms with E-state index in [-0.39, 0.29) is 11.4 Å². The third kappa shape index (κ3) is 2.44. The van der Waals surface area contributed by atoms with Gasteiger partial charge in [-0.15, -0.1) is 0 Å². The average molecular weight is 285 g/mol. The Labute approximate surface area is 125 Å². The van der Waals surface area contributed by atoms with Gasteiger partial charge in [0.25, 0.3) is 5.91 Å². The molecule has 1 aliphatic carbocycles. The molecule has 0 aliphatic heterocycles. The zero-order valence-electron chi connectivity index (χ0n) is 12.8. The van der Waals surface area contributed by atoms with Crippen LogP contribution >= 0.6 is 0 Å². The van der Waals surface area contributed by atoms with Crippen LogP contribution in [0.25, 0.3) is 10.9 Å². The zero-order valence-corrected chi connectivity index (χ0v) is 12.8. The molecular formula is C17H23N3O. The molecule has 1 aromatic carbocycles. The molecule has 0 saturated heterocycles. The van der Waals surface area contributed by atoms with E-state index in [9.17, 15) is 4.79 Å². The van der Waals surface area contributed by atoms with Gasteiger partial charge in [-0.2, -0.15) is 0 Å². The van der Waals surface area contributed by atoms with E-state index in [1.165, 1.54) is 5.56 Å². The summed E-state index contributed by atoms with van der Waals surface area (Å²) in [5.74, 6) is -0.0116. The zero-order chi connectivity index (χ0) is 15.0. The summed E-state index contributed by atoms with van der Waals surface area (Å²) in [5.41, 5.74) is 9.84. The summed E-state index contributed by atoms with van der Waals surface area (Å²) in [7, 11) is 0. The second kappa shape index (κ2) is 5.19. The molecule has 1 heterocycles. The predicted octanol–water partition coefficient (Wildman–Crippen LogP) is 2.79. The maximum atomic E-state index is 12.5. The number of H-pyrrole nitrogens is 1. The highest BCUT2D eigenvalue weighted by Crippen LogP contribution is 2.29. The Morgan fingerprint density at radius 2 is 2.05 bits per heavy atom. The second-order valence-corrected chi connectivity index (χ2v) is 6.28. The lowest BCUT2D eigenvalue weighted by Crippen LogP contribution is -2.51. The van der Waals surface area contributed by atoms with Crippen molar-refractivity contribution in [3.8, 4) is 0 Å². The minimum atomic E-state index is -0.199.